The van der Waals surface area contributed by atoms with E-state index in [-0.39, 0.29) is 0 Å². The Bertz CT molecular complexity index is 1270. The Kier molecular flexibility index (Phi) is 3.12. The molecule has 0 aliphatic rings. The van der Waals surface area contributed by atoms with Gasteiger partial charge < -0.3 is 0 Å². The van der Waals surface area contributed by atoms with Crippen molar-refractivity contribution in [2.24, 2.45) is 7.05 Å². The molecule has 2 aromatic heterocycles. The fraction of sp³-hybridized carbons (Fsp3) is 0.0909. The second-order valence-electron chi connectivity index (χ2n) is 6.44. The fourth-order valence-electron chi connectivity index (χ4n) is 3.68. The van der Waals surface area contributed by atoms with Crippen LogP contribution in [0.2, 0.25) is 0 Å². The number of benzene rings is 3. The summed E-state index contributed by atoms with van der Waals surface area (Å²) >= 11 is 1.83. The first-order valence-electron chi connectivity index (χ1n) is 8.38. The second kappa shape index (κ2) is 5.36. The highest BCUT2D eigenvalue weighted by Gasteiger charge is 2.21. The molecule has 0 amide bonds. The lowest BCUT2D eigenvalue weighted by atomic mass is 9.97. The van der Waals surface area contributed by atoms with Gasteiger partial charge in [0.2, 0.25) is 5.52 Å². The third-order valence-corrected chi connectivity index (χ3v) is 6.12. The molecule has 25 heavy (non-hydrogen) atoms. The molecule has 0 fully saturated rings. The third-order valence-electron chi connectivity index (χ3n) is 4.95. The maximum atomic E-state index is 4.72. The van der Waals surface area contributed by atoms with Crippen LogP contribution < -0.4 is 4.57 Å². The zero-order chi connectivity index (χ0) is 17.0. The smallest absolute Gasteiger partial charge is 0.231 e. The number of fused-ring (bicyclic) bond motifs is 4. The summed E-state index contributed by atoms with van der Waals surface area (Å²) in [4.78, 5) is 4.72. The molecule has 120 valence electrons. The van der Waals surface area contributed by atoms with Crippen molar-refractivity contribution in [2.75, 3.05) is 0 Å². The molecule has 0 unspecified atom stereocenters. The zero-order valence-electron chi connectivity index (χ0n) is 14.2. The van der Waals surface area contributed by atoms with Crippen LogP contribution in [0.4, 0.5) is 0 Å². The van der Waals surface area contributed by atoms with E-state index in [0.29, 0.717) is 0 Å². The van der Waals surface area contributed by atoms with Gasteiger partial charge in [-0.15, -0.1) is 11.3 Å². The van der Waals surface area contributed by atoms with E-state index in [4.69, 9.17) is 4.98 Å². The second-order valence-corrected chi connectivity index (χ2v) is 7.49. The van der Waals surface area contributed by atoms with Crippen molar-refractivity contribution in [2.45, 2.75) is 6.92 Å². The summed E-state index contributed by atoms with van der Waals surface area (Å²) in [5.41, 5.74) is 4.94. The van der Waals surface area contributed by atoms with Crippen LogP contribution >= 0.6 is 11.3 Å². The van der Waals surface area contributed by atoms with Crippen molar-refractivity contribution in [1.29, 1.82) is 0 Å². The van der Waals surface area contributed by atoms with Crippen LogP contribution in [0.25, 0.3) is 42.3 Å². The lowest BCUT2D eigenvalue weighted by Gasteiger charge is -2.10. The normalized spacial score (nSPS) is 11.6. The van der Waals surface area contributed by atoms with E-state index < -0.39 is 0 Å². The van der Waals surface area contributed by atoms with Crippen LogP contribution in [-0.4, -0.2) is 4.98 Å². The molecule has 0 aliphatic carbocycles. The lowest BCUT2D eigenvalue weighted by Crippen LogP contribution is -2.31. The summed E-state index contributed by atoms with van der Waals surface area (Å²) in [6.07, 6.45) is 1.94. The Morgan fingerprint density at radius 3 is 2.52 bits per heavy atom. The quantitative estimate of drug-likeness (QED) is 0.373. The van der Waals surface area contributed by atoms with Crippen molar-refractivity contribution < 1.29 is 4.57 Å². The number of rotatable bonds is 1. The number of aryl methyl sites for hydroxylation is 2. The molecule has 0 atom stereocenters. The van der Waals surface area contributed by atoms with Crippen LogP contribution in [0.5, 0.6) is 0 Å². The molecule has 2 nitrogen and oxygen atoms in total. The molecule has 0 bridgehead atoms. The van der Waals surface area contributed by atoms with Gasteiger partial charge in [0.15, 0.2) is 5.69 Å². The summed E-state index contributed by atoms with van der Waals surface area (Å²) in [6.45, 7) is 2.22. The van der Waals surface area contributed by atoms with Crippen LogP contribution in [0, 0.1) is 6.92 Å². The van der Waals surface area contributed by atoms with Crippen molar-refractivity contribution in [3.8, 4) is 11.3 Å². The molecule has 5 aromatic rings. The van der Waals surface area contributed by atoms with Crippen LogP contribution in [0.1, 0.15) is 5.56 Å². The third kappa shape index (κ3) is 2.09. The Balaban J connectivity index is 1.92. The van der Waals surface area contributed by atoms with Gasteiger partial charge in [-0.2, -0.15) is 0 Å². The van der Waals surface area contributed by atoms with Gasteiger partial charge in [-0.25, -0.2) is 4.57 Å². The number of hydrogen-bond donors (Lipinski definition) is 0. The molecule has 3 heteroatoms. The average Bonchev–Trinajstić information content (AvgIpc) is 3.01. The van der Waals surface area contributed by atoms with E-state index in [0.717, 1.165) is 5.52 Å². The monoisotopic (exact) mass is 341 g/mol. The van der Waals surface area contributed by atoms with Crippen molar-refractivity contribution >= 4 is 42.4 Å². The summed E-state index contributed by atoms with van der Waals surface area (Å²) < 4.78 is 4.69. The van der Waals surface area contributed by atoms with E-state index in [1.165, 1.54) is 42.4 Å². The maximum Gasteiger partial charge on any atom is 0.287 e. The van der Waals surface area contributed by atoms with Gasteiger partial charge in [0.1, 0.15) is 4.70 Å². The molecule has 0 radical (unpaired) electrons. The minimum Gasteiger partial charge on any atom is -0.231 e. The molecular formula is C22H17N2S+. The van der Waals surface area contributed by atoms with Gasteiger partial charge in [-0.1, -0.05) is 42.5 Å². The first-order chi connectivity index (χ1) is 12.2. The highest BCUT2D eigenvalue weighted by atomic mass is 32.1. The van der Waals surface area contributed by atoms with Gasteiger partial charge >= 0.3 is 0 Å². The summed E-state index contributed by atoms with van der Waals surface area (Å²) in [6, 6.07) is 21.6. The average molecular weight is 341 g/mol. The van der Waals surface area contributed by atoms with E-state index in [2.05, 4.69) is 79.2 Å². The minimum atomic E-state index is 1.10. The first kappa shape index (κ1) is 14.6. The van der Waals surface area contributed by atoms with Crippen LogP contribution in [0.3, 0.4) is 0 Å². The molecule has 0 spiro atoms. The Morgan fingerprint density at radius 1 is 0.880 bits per heavy atom. The molecule has 0 saturated heterocycles. The lowest BCUT2D eigenvalue weighted by molar-refractivity contribution is -0.662. The van der Waals surface area contributed by atoms with Gasteiger partial charge in [0.05, 0.1) is 7.05 Å². The largest absolute Gasteiger partial charge is 0.287 e. The van der Waals surface area contributed by atoms with Gasteiger partial charge in [0, 0.05) is 15.6 Å². The van der Waals surface area contributed by atoms with E-state index >= 15 is 0 Å². The summed E-state index contributed by atoms with van der Waals surface area (Å²) in [5, 5.41) is 3.84. The topological polar surface area (TPSA) is 16.8 Å². The molecular weight excluding hydrogens is 324 g/mol. The molecule has 5 rings (SSSR count). The zero-order valence-corrected chi connectivity index (χ0v) is 15.0. The standard InChI is InChI=1S/C22H17N2S/c1-14-16-8-4-3-7-15(16)11-12-17(14)21-22-20(23-13-24(21)2)18-9-5-6-10-19(18)25-22/h3-13H,1-2H3/q+1. The Hall–Kier alpha value is -2.78. The summed E-state index contributed by atoms with van der Waals surface area (Å²) in [7, 11) is 2.08. The van der Waals surface area contributed by atoms with Gasteiger partial charge in [0.25, 0.3) is 6.33 Å². The van der Waals surface area contributed by atoms with Crippen molar-refractivity contribution in [3.63, 3.8) is 0 Å². The van der Waals surface area contributed by atoms with E-state index in [1.54, 1.807) is 0 Å². The molecule has 3 aromatic carbocycles. The summed E-state index contributed by atoms with van der Waals surface area (Å²) in [5.74, 6) is 0. The molecule has 0 N–H and O–H groups in total. The Morgan fingerprint density at radius 2 is 1.64 bits per heavy atom. The maximum absolute atomic E-state index is 4.72. The van der Waals surface area contributed by atoms with E-state index in [9.17, 15) is 0 Å². The number of thiophene rings is 1. The first-order valence-corrected chi connectivity index (χ1v) is 9.20. The predicted octanol–water partition coefficient (Wildman–Crippen LogP) is 5.40. The Labute approximate surface area is 150 Å². The van der Waals surface area contributed by atoms with Crippen molar-refractivity contribution in [1.82, 2.24) is 4.98 Å². The highest BCUT2D eigenvalue weighted by molar-refractivity contribution is 7.26. The number of hydrogen-bond acceptors (Lipinski definition) is 2. The predicted molar refractivity (Wildman–Crippen MR) is 106 cm³/mol. The highest BCUT2D eigenvalue weighted by Crippen LogP contribution is 2.38. The molecule has 0 saturated carbocycles. The minimum absolute atomic E-state index is 1.10. The molecule has 2 heterocycles. The number of aromatic nitrogens is 2. The van der Waals surface area contributed by atoms with Crippen LogP contribution in [0.15, 0.2) is 67.0 Å². The van der Waals surface area contributed by atoms with Crippen molar-refractivity contribution in [3.05, 3.63) is 72.6 Å². The van der Waals surface area contributed by atoms with Gasteiger partial charge in [-0.05, 0) is 46.4 Å². The fourth-order valence-corrected chi connectivity index (χ4v) is 4.93. The van der Waals surface area contributed by atoms with Gasteiger partial charge in [-0.3, -0.25) is 0 Å². The molecule has 0 aliphatic heterocycles. The van der Waals surface area contributed by atoms with Crippen LogP contribution in [-0.2, 0) is 7.05 Å². The van der Waals surface area contributed by atoms with E-state index in [1.807, 2.05) is 17.7 Å². The number of nitrogens with zero attached hydrogens (tertiary/aromatic N) is 2. The SMILES string of the molecule is Cc1c(-c2c3sc4ccccc4c3nc[n+]2C)ccc2ccccc12.